The molecular formula is C14H21NO. The van der Waals surface area contributed by atoms with Gasteiger partial charge in [-0.15, -0.1) is 0 Å². The summed E-state index contributed by atoms with van der Waals surface area (Å²) >= 11 is 0. The molecule has 3 aliphatic rings. The molecular weight excluding hydrogens is 198 g/mol. The summed E-state index contributed by atoms with van der Waals surface area (Å²) < 4.78 is 0. The molecule has 2 nitrogen and oxygen atoms in total. The number of amides is 1. The molecule has 2 unspecified atom stereocenters. The van der Waals surface area contributed by atoms with Crippen LogP contribution in [0.3, 0.4) is 0 Å². The highest BCUT2D eigenvalue weighted by Crippen LogP contribution is 2.62. The molecule has 1 amide bonds. The molecule has 2 atom stereocenters. The second-order valence-electron chi connectivity index (χ2n) is 5.82. The first kappa shape index (κ1) is 10.4. The zero-order valence-corrected chi connectivity index (χ0v) is 9.87. The minimum absolute atomic E-state index is 0.349. The van der Waals surface area contributed by atoms with Gasteiger partial charge in [-0.1, -0.05) is 25.0 Å². The largest absolute Gasteiger partial charge is 0.353 e. The maximum Gasteiger partial charge on any atom is 0.223 e. The third-order valence-corrected chi connectivity index (χ3v) is 4.72. The van der Waals surface area contributed by atoms with Crippen LogP contribution in [-0.2, 0) is 4.79 Å². The molecule has 0 heterocycles. The molecule has 2 saturated carbocycles. The summed E-state index contributed by atoms with van der Waals surface area (Å²) in [6, 6.07) is 0.413. The molecule has 16 heavy (non-hydrogen) atoms. The van der Waals surface area contributed by atoms with Gasteiger partial charge in [0.05, 0.1) is 0 Å². The predicted octanol–water partition coefficient (Wildman–Crippen LogP) is 2.79. The zero-order valence-electron chi connectivity index (χ0n) is 9.87. The zero-order chi connectivity index (χ0) is 11.0. The lowest BCUT2D eigenvalue weighted by Crippen LogP contribution is -2.37. The van der Waals surface area contributed by atoms with Crippen molar-refractivity contribution in [3.8, 4) is 0 Å². The Balaban J connectivity index is 1.53. The number of hydrogen-bond donors (Lipinski definition) is 1. The van der Waals surface area contributed by atoms with Gasteiger partial charge in [0.2, 0.25) is 5.91 Å². The Morgan fingerprint density at radius 3 is 2.75 bits per heavy atom. The van der Waals surface area contributed by atoms with E-state index in [2.05, 4.69) is 17.5 Å². The van der Waals surface area contributed by atoms with E-state index in [-0.39, 0.29) is 0 Å². The quantitative estimate of drug-likeness (QED) is 0.711. The van der Waals surface area contributed by atoms with Gasteiger partial charge in [-0.05, 0) is 43.9 Å². The molecule has 2 fully saturated rings. The minimum atomic E-state index is 0.349. The van der Waals surface area contributed by atoms with Crippen LogP contribution in [0.25, 0.3) is 0 Å². The van der Waals surface area contributed by atoms with Crippen LogP contribution in [0.4, 0.5) is 0 Å². The highest BCUT2D eigenvalue weighted by atomic mass is 16.2. The fourth-order valence-corrected chi connectivity index (χ4v) is 3.58. The van der Waals surface area contributed by atoms with Crippen LogP contribution < -0.4 is 5.32 Å². The fraction of sp³-hybridized carbons (Fsp3) is 0.786. The Morgan fingerprint density at radius 1 is 1.25 bits per heavy atom. The predicted molar refractivity (Wildman–Crippen MR) is 63.9 cm³/mol. The third kappa shape index (κ3) is 1.79. The van der Waals surface area contributed by atoms with E-state index < -0.39 is 0 Å². The van der Waals surface area contributed by atoms with E-state index in [1.807, 2.05) is 0 Å². The van der Waals surface area contributed by atoms with E-state index in [0.29, 0.717) is 23.3 Å². The number of nitrogens with one attached hydrogen (secondary N) is 1. The van der Waals surface area contributed by atoms with E-state index >= 15 is 0 Å². The average molecular weight is 219 g/mol. The standard InChI is InChI=1S/C14H21NO/c16-13(15-11-6-2-1-3-7-11)12-10-14(12)8-4-5-9-14/h1-2,11-12H,3-10H2,(H,15,16). The monoisotopic (exact) mass is 219 g/mol. The van der Waals surface area contributed by atoms with Crippen molar-refractivity contribution in [2.75, 3.05) is 0 Å². The summed E-state index contributed by atoms with van der Waals surface area (Å²) in [7, 11) is 0. The molecule has 1 N–H and O–H groups in total. The van der Waals surface area contributed by atoms with E-state index in [9.17, 15) is 4.79 Å². The Labute approximate surface area is 97.5 Å². The molecule has 1 spiro atoms. The highest BCUT2D eigenvalue weighted by Gasteiger charge is 2.58. The van der Waals surface area contributed by atoms with Gasteiger partial charge in [-0.25, -0.2) is 0 Å². The first-order chi connectivity index (χ1) is 7.80. The average Bonchev–Trinajstić information content (AvgIpc) is 2.79. The highest BCUT2D eigenvalue weighted by molar-refractivity contribution is 5.83. The maximum atomic E-state index is 12.1. The van der Waals surface area contributed by atoms with Crippen molar-refractivity contribution in [2.45, 2.75) is 57.4 Å². The second kappa shape index (κ2) is 3.90. The van der Waals surface area contributed by atoms with Crippen molar-refractivity contribution in [1.29, 1.82) is 0 Å². The summed E-state index contributed by atoms with van der Waals surface area (Å²) in [5.41, 5.74) is 0.453. The Morgan fingerprint density at radius 2 is 2.06 bits per heavy atom. The van der Waals surface area contributed by atoms with Crippen LogP contribution in [0.1, 0.15) is 51.4 Å². The molecule has 0 saturated heterocycles. The van der Waals surface area contributed by atoms with Gasteiger partial charge in [0.1, 0.15) is 0 Å². The van der Waals surface area contributed by atoms with Gasteiger partial charge < -0.3 is 5.32 Å². The van der Waals surface area contributed by atoms with Crippen molar-refractivity contribution in [2.24, 2.45) is 11.3 Å². The SMILES string of the molecule is O=C(NC1CC=CCC1)C1CC12CCCC2. The van der Waals surface area contributed by atoms with Crippen LogP contribution in [0.5, 0.6) is 0 Å². The summed E-state index contributed by atoms with van der Waals surface area (Å²) in [6.45, 7) is 0. The lowest BCUT2D eigenvalue weighted by atomic mass is 9.99. The molecule has 3 rings (SSSR count). The third-order valence-electron chi connectivity index (χ3n) is 4.72. The van der Waals surface area contributed by atoms with Gasteiger partial charge in [0.25, 0.3) is 0 Å². The number of allylic oxidation sites excluding steroid dienone is 1. The number of hydrogen-bond acceptors (Lipinski definition) is 1. The Bertz CT molecular complexity index is 315. The molecule has 0 radical (unpaired) electrons. The summed E-state index contributed by atoms with van der Waals surface area (Å²) in [4.78, 5) is 12.1. The van der Waals surface area contributed by atoms with Gasteiger partial charge in [-0.3, -0.25) is 4.79 Å². The van der Waals surface area contributed by atoms with E-state index in [1.165, 1.54) is 32.1 Å². The Kier molecular flexibility index (Phi) is 2.53. The van der Waals surface area contributed by atoms with Crippen LogP contribution >= 0.6 is 0 Å². The van der Waals surface area contributed by atoms with Crippen molar-refractivity contribution >= 4 is 5.91 Å². The van der Waals surface area contributed by atoms with E-state index in [0.717, 1.165) is 19.3 Å². The van der Waals surface area contributed by atoms with Gasteiger partial charge in [0, 0.05) is 12.0 Å². The van der Waals surface area contributed by atoms with Crippen LogP contribution in [0, 0.1) is 11.3 Å². The lowest BCUT2D eigenvalue weighted by molar-refractivity contribution is -0.123. The summed E-state index contributed by atoms with van der Waals surface area (Å²) in [5.74, 6) is 0.711. The van der Waals surface area contributed by atoms with Crippen LogP contribution in [0.15, 0.2) is 12.2 Å². The molecule has 88 valence electrons. The van der Waals surface area contributed by atoms with Crippen LogP contribution in [-0.4, -0.2) is 11.9 Å². The normalized spacial score (nSPS) is 35.2. The first-order valence-electron chi connectivity index (χ1n) is 6.76. The second-order valence-corrected chi connectivity index (χ2v) is 5.82. The molecule has 0 aliphatic heterocycles. The molecule has 0 bridgehead atoms. The van der Waals surface area contributed by atoms with Crippen LogP contribution in [0.2, 0.25) is 0 Å². The number of carbonyl (C=O) groups excluding carboxylic acids is 1. The molecule has 0 aromatic heterocycles. The molecule has 0 aromatic rings. The van der Waals surface area contributed by atoms with E-state index in [4.69, 9.17) is 0 Å². The first-order valence-corrected chi connectivity index (χ1v) is 6.76. The van der Waals surface area contributed by atoms with Crippen molar-refractivity contribution < 1.29 is 4.79 Å². The van der Waals surface area contributed by atoms with Crippen molar-refractivity contribution in [3.05, 3.63) is 12.2 Å². The fourth-order valence-electron chi connectivity index (χ4n) is 3.58. The topological polar surface area (TPSA) is 29.1 Å². The molecule has 3 aliphatic carbocycles. The van der Waals surface area contributed by atoms with Crippen molar-refractivity contribution in [3.63, 3.8) is 0 Å². The smallest absolute Gasteiger partial charge is 0.223 e. The lowest BCUT2D eigenvalue weighted by Gasteiger charge is -2.20. The summed E-state index contributed by atoms with van der Waals surface area (Å²) in [6.07, 6.45) is 14.2. The van der Waals surface area contributed by atoms with Gasteiger partial charge in [-0.2, -0.15) is 0 Å². The van der Waals surface area contributed by atoms with Gasteiger partial charge >= 0.3 is 0 Å². The van der Waals surface area contributed by atoms with Gasteiger partial charge in [0.15, 0.2) is 0 Å². The summed E-state index contributed by atoms with van der Waals surface area (Å²) in [5, 5.41) is 3.24. The molecule has 2 heteroatoms. The Hall–Kier alpha value is -0.790. The molecule has 0 aromatic carbocycles. The number of rotatable bonds is 2. The minimum Gasteiger partial charge on any atom is -0.353 e. The maximum absolute atomic E-state index is 12.1. The van der Waals surface area contributed by atoms with Crippen molar-refractivity contribution in [1.82, 2.24) is 5.32 Å². The number of carbonyl (C=O) groups is 1. The van der Waals surface area contributed by atoms with E-state index in [1.54, 1.807) is 0 Å².